The number of pyridine rings is 1. The maximum atomic E-state index is 12.7. The maximum Gasteiger partial charge on any atom is 0.241 e. The number of anilines is 1. The molecule has 0 bridgehead atoms. The molecule has 0 unspecified atom stereocenters. The smallest absolute Gasteiger partial charge is 0.241 e. The predicted octanol–water partition coefficient (Wildman–Crippen LogP) is 3.59. The lowest BCUT2D eigenvalue weighted by Gasteiger charge is -2.35. The van der Waals surface area contributed by atoms with Crippen molar-refractivity contribution in [2.24, 2.45) is 0 Å². The first-order chi connectivity index (χ1) is 13.1. The van der Waals surface area contributed by atoms with Crippen molar-refractivity contribution in [3.63, 3.8) is 0 Å². The summed E-state index contributed by atoms with van der Waals surface area (Å²) in [6.07, 6.45) is 4.07. The summed E-state index contributed by atoms with van der Waals surface area (Å²) in [6, 6.07) is 12.9. The largest absolute Gasteiger partial charge is 0.323 e. The zero-order valence-electron chi connectivity index (χ0n) is 15.2. The lowest BCUT2D eigenvalue weighted by Crippen LogP contribution is -2.46. The van der Waals surface area contributed by atoms with E-state index >= 15 is 0 Å². The Bertz CT molecular complexity index is 956. The molecule has 27 heavy (non-hydrogen) atoms. The van der Waals surface area contributed by atoms with Crippen molar-refractivity contribution in [3.05, 3.63) is 59.5 Å². The number of hydrogen-bond donors (Lipinski definition) is 1. The van der Waals surface area contributed by atoms with E-state index in [1.54, 1.807) is 6.07 Å². The molecule has 7 heteroatoms. The Morgan fingerprint density at radius 1 is 1.22 bits per heavy atom. The van der Waals surface area contributed by atoms with Crippen LogP contribution in [0.1, 0.15) is 31.5 Å². The summed E-state index contributed by atoms with van der Waals surface area (Å²) in [5, 5.41) is 12.2. The minimum atomic E-state index is -0.247. The zero-order chi connectivity index (χ0) is 18.8. The lowest BCUT2D eigenvalue weighted by molar-refractivity contribution is -0.121. The molecule has 6 nitrogen and oxygen atoms in total. The second-order valence-electron chi connectivity index (χ2n) is 6.97. The average molecular weight is 384 g/mol. The minimum absolute atomic E-state index is 0.0464. The van der Waals surface area contributed by atoms with E-state index in [-0.39, 0.29) is 17.9 Å². The fourth-order valence-electron chi connectivity index (χ4n) is 3.67. The number of carbonyl (C=O) groups excluding carboxylic acids is 1. The van der Waals surface area contributed by atoms with Gasteiger partial charge in [-0.05, 0) is 50.6 Å². The Morgan fingerprint density at radius 2 is 2.04 bits per heavy atom. The molecule has 140 valence electrons. The van der Waals surface area contributed by atoms with Crippen LogP contribution in [0.4, 0.5) is 5.69 Å². The number of amides is 1. The second kappa shape index (κ2) is 7.66. The third kappa shape index (κ3) is 3.68. The van der Waals surface area contributed by atoms with Gasteiger partial charge in [-0.3, -0.25) is 14.1 Å². The monoisotopic (exact) mass is 383 g/mol. The Balaban J connectivity index is 1.47. The highest BCUT2D eigenvalue weighted by atomic mass is 35.5. The maximum absolute atomic E-state index is 12.7. The summed E-state index contributed by atoms with van der Waals surface area (Å²) in [6.45, 7) is 3.62. The molecule has 1 aromatic carbocycles. The number of benzene rings is 1. The molecule has 2 atom stereocenters. The normalized spacial score (nSPS) is 19.1. The number of rotatable bonds is 4. The van der Waals surface area contributed by atoms with Crippen LogP contribution in [0.3, 0.4) is 0 Å². The van der Waals surface area contributed by atoms with E-state index in [4.69, 9.17) is 11.6 Å². The molecular weight excluding hydrogens is 362 g/mol. The van der Waals surface area contributed by atoms with Crippen molar-refractivity contribution in [2.45, 2.75) is 31.7 Å². The van der Waals surface area contributed by atoms with Crippen LogP contribution in [0.25, 0.3) is 5.65 Å². The van der Waals surface area contributed by atoms with E-state index in [0.29, 0.717) is 10.7 Å². The van der Waals surface area contributed by atoms with E-state index < -0.39 is 0 Å². The highest BCUT2D eigenvalue weighted by Gasteiger charge is 2.30. The number of halogens is 1. The number of hydrogen-bond acceptors (Lipinski definition) is 4. The average Bonchev–Trinajstić information content (AvgIpc) is 3.13. The molecule has 3 heterocycles. The molecule has 0 radical (unpaired) electrons. The number of para-hydroxylation sites is 1. The quantitative estimate of drug-likeness (QED) is 0.747. The van der Waals surface area contributed by atoms with Crippen LogP contribution < -0.4 is 5.32 Å². The van der Waals surface area contributed by atoms with Crippen LogP contribution in [-0.2, 0) is 4.79 Å². The first-order valence-corrected chi connectivity index (χ1v) is 9.60. The van der Waals surface area contributed by atoms with E-state index in [2.05, 4.69) is 20.4 Å². The summed E-state index contributed by atoms with van der Waals surface area (Å²) < 4.78 is 2.04. The molecule has 0 saturated carbocycles. The summed E-state index contributed by atoms with van der Waals surface area (Å²) in [5.41, 5.74) is 1.50. The standard InChI is InChI=1S/C20H22ClN5O/c1-14(20(27)22-17-9-3-2-8-16(17)21)25-11-6-7-15(13-25)19-24-23-18-10-4-5-12-26(18)19/h2-5,8-10,12,14-15H,6-7,11,13H2,1H3,(H,22,27)/t14-,15+/m1/s1. The molecule has 1 fully saturated rings. The second-order valence-corrected chi connectivity index (χ2v) is 7.37. The predicted molar refractivity (Wildman–Crippen MR) is 106 cm³/mol. The topological polar surface area (TPSA) is 62.5 Å². The van der Waals surface area contributed by atoms with Crippen LogP contribution in [0.2, 0.25) is 5.02 Å². The van der Waals surface area contributed by atoms with Gasteiger partial charge in [0, 0.05) is 18.7 Å². The lowest BCUT2D eigenvalue weighted by atomic mass is 9.96. The van der Waals surface area contributed by atoms with Gasteiger partial charge in [0.05, 0.1) is 16.8 Å². The Morgan fingerprint density at radius 3 is 2.89 bits per heavy atom. The van der Waals surface area contributed by atoms with Crippen LogP contribution in [0.5, 0.6) is 0 Å². The molecule has 0 spiro atoms. The zero-order valence-corrected chi connectivity index (χ0v) is 15.9. The molecular formula is C20H22ClN5O. The van der Waals surface area contributed by atoms with Crippen molar-refractivity contribution < 1.29 is 4.79 Å². The summed E-state index contributed by atoms with van der Waals surface area (Å²) >= 11 is 6.16. The van der Waals surface area contributed by atoms with Gasteiger partial charge in [0.1, 0.15) is 5.82 Å². The SMILES string of the molecule is C[C@H](C(=O)Nc1ccccc1Cl)N1CCC[C@H](c2nnc3ccccn23)C1. The van der Waals surface area contributed by atoms with Gasteiger partial charge in [-0.2, -0.15) is 0 Å². The third-order valence-corrected chi connectivity index (χ3v) is 5.55. The molecule has 1 amide bonds. The molecule has 3 aromatic rings. The number of aromatic nitrogens is 3. The van der Waals surface area contributed by atoms with Crippen LogP contribution >= 0.6 is 11.6 Å². The van der Waals surface area contributed by atoms with Gasteiger partial charge in [0.25, 0.3) is 0 Å². The van der Waals surface area contributed by atoms with Crippen molar-refractivity contribution in [2.75, 3.05) is 18.4 Å². The summed E-state index contributed by atoms with van der Waals surface area (Å²) in [7, 11) is 0. The number of nitrogens with zero attached hydrogens (tertiary/aromatic N) is 4. The van der Waals surface area contributed by atoms with Crippen LogP contribution in [-0.4, -0.2) is 44.5 Å². The van der Waals surface area contributed by atoms with E-state index in [1.165, 1.54) is 0 Å². The number of carbonyl (C=O) groups is 1. The number of piperidine rings is 1. The van der Waals surface area contributed by atoms with Gasteiger partial charge in [-0.1, -0.05) is 29.8 Å². The van der Waals surface area contributed by atoms with E-state index in [1.807, 2.05) is 53.9 Å². The fourth-order valence-corrected chi connectivity index (χ4v) is 3.86. The van der Waals surface area contributed by atoms with Gasteiger partial charge < -0.3 is 5.32 Å². The van der Waals surface area contributed by atoms with Crippen molar-refractivity contribution in [3.8, 4) is 0 Å². The molecule has 4 rings (SSSR count). The third-order valence-electron chi connectivity index (χ3n) is 5.22. The Labute approximate surface area is 163 Å². The van der Waals surface area contributed by atoms with Crippen LogP contribution in [0, 0.1) is 0 Å². The Kier molecular flexibility index (Phi) is 5.09. The molecule has 1 aliphatic rings. The molecule has 2 aromatic heterocycles. The summed E-state index contributed by atoms with van der Waals surface area (Å²) in [4.78, 5) is 14.9. The molecule has 1 aliphatic heterocycles. The van der Waals surface area contributed by atoms with Gasteiger partial charge in [-0.25, -0.2) is 0 Å². The summed E-state index contributed by atoms with van der Waals surface area (Å²) in [5.74, 6) is 1.18. The minimum Gasteiger partial charge on any atom is -0.323 e. The van der Waals surface area contributed by atoms with Gasteiger partial charge in [-0.15, -0.1) is 10.2 Å². The molecule has 1 N–H and O–H groups in total. The van der Waals surface area contributed by atoms with Gasteiger partial charge >= 0.3 is 0 Å². The number of likely N-dealkylation sites (tertiary alicyclic amines) is 1. The fraction of sp³-hybridized carbons (Fsp3) is 0.350. The molecule has 1 saturated heterocycles. The van der Waals surface area contributed by atoms with Gasteiger partial charge in [0.2, 0.25) is 5.91 Å². The van der Waals surface area contributed by atoms with Crippen molar-refractivity contribution in [1.29, 1.82) is 0 Å². The van der Waals surface area contributed by atoms with E-state index in [0.717, 1.165) is 37.4 Å². The van der Waals surface area contributed by atoms with Crippen LogP contribution in [0.15, 0.2) is 48.7 Å². The highest BCUT2D eigenvalue weighted by molar-refractivity contribution is 6.33. The van der Waals surface area contributed by atoms with Gasteiger partial charge in [0.15, 0.2) is 5.65 Å². The first-order valence-electron chi connectivity index (χ1n) is 9.22. The highest BCUT2D eigenvalue weighted by Crippen LogP contribution is 2.28. The number of nitrogens with one attached hydrogen (secondary N) is 1. The van der Waals surface area contributed by atoms with E-state index in [9.17, 15) is 4.79 Å². The first kappa shape index (κ1) is 17.9. The molecule has 0 aliphatic carbocycles. The number of fused-ring (bicyclic) bond motifs is 1. The Hall–Kier alpha value is -2.44. The van der Waals surface area contributed by atoms with Crippen molar-refractivity contribution in [1.82, 2.24) is 19.5 Å². The van der Waals surface area contributed by atoms with Crippen molar-refractivity contribution >= 4 is 28.8 Å².